The molecule has 1 aromatic heterocycles. The second kappa shape index (κ2) is 9.17. The Hall–Kier alpha value is -2.49. The van der Waals surface area contributed by atoms with Gasteiger partial charge < -0.3 is 29.9 Å². The van der Waals surface area contributed by atoms with Crippen LogP contribution >= 0.6 is 0 Å². The SMILES string of the molecule is Cc1ccc(Cc2cccc3c2c(O[C@@H]2O[C@H](CO)[C@@H](O)[C@H](O)[C@H]2O)nn3C(C)C)cc1. The molecule has 172 valence electrons. The Bertz CT molecular complexity index is 1060. The first-order valence-corrected chi connectivity index (χ1v) is 10.8. The molecule has 8 heteroatoms. The predicted octanol–water partition coefficient (Wildman–Crippen LogP) is 1.70. The molecule has 4 N–H and O–H groups in total. The molecule has 2 heterocycles. The highest BCUT2D eigenvalue weighted by Crippen LogP contribution is 2.34. The predicted molar refractivity (Wildman–Crippen MR) is 118 cm³/mol. The Morgan fingerprint density at radius 3 is 2.41 bits per heavy atom. The molecule has 0 saturated carbocycles. The minimum atomic E-state index is -1.52. The van der Waals surface area contributed by atoms with Gasteiger partial charge in [-0.15, -0.1) is 5.10 Å². The van der Waals surface area contributed by atoms with Gasteiger partial charge in [0, 0.05) is 6.04 Å². The minimum absolute atomic E-state index is 0.0549. The first-order chi connectivity index (χ1) is 15.3. The van der Waals surface area contributed by atoms with E-state index in [1.807, 2.05) is 43.7 Å². The summed E-state index contributed by atoms with van der Waals surface area (Å²) in [5.74, 6) is 0.265. The van der Waals surface area contributed by atoms with Crippen molar-refractivity contribution < 1.29 is 29.9 Å². The molecule has 0 spiro atoms. The summed E-state index contributed by atoms with van der Waals surface area (Å²) in [5, 5.41) is 45.5. The van der Waals surface area contributed by atoms with Gasteiger partial charge >= 0.3 is 0 Å². The molecule has 1 saturated heterocycles. The lowest BCUT2D eigenvalue weighted by molar-refractivity contribution is -0.278. The molecule has 0 amide bonds. The Kier molecular flexibility index (Phi) is 6.50. The fourth-order valence-corrected chi connectivity index (χ4v) is 4.05. The van der Waals surface area contributed by atoms with Crippen molar-refractivity contribution in [1.82, 2.24) is 9.78 Å². The van der Waals surface area contributed by atoms with Crippen molar-refractivity contribution in [3.63, 3.8) is 0 Å². The molecular weight excluding hydrogens is 412 g/mol. The average molecular weight is 443 g/mol. The molecule has 0 bridgehead atoms. The van der Waals surface area contributed by atoms with E-state index in [0.717, 1.165) is 22.0 Å². The van der Waals surface area contributed by atoms with Crippen molar-refractivity contribution in [1.29, 1.82) is 0 Å². The second-order valence-electron chi connectivity index (χ2n) is 8.63. The van der Waals surface area contributed by atoms with Crippen LogP contribution in [0.25, 0.3) is 10.9 Å². The summed E-state index contributed by atoms with van der Waals surface area (Å²) in [7, 11) is 0. The molecule has 0 unspecified atom stereocenters. The maximum atomic E-state index is 10.4. The maximum absolute atomic E-state index is 10.4. The van der Waals surface area contributed by atoms with Gasteiger partial charge in [0.05, 0.1) is 17.5 Å². The number of aromatic nitrogens is 2. The van der Waals surface area contributed by atoms with Gasteiger partial charge in [0.1, 0.15) is 24.4 Å². The van der Waals surface area contributed by atoms with Crippen LogP contribution in [0, 0.1) is 6.92 Å². The van der Waals surface area contributed by atoms with Crippen molar-refractivity contribution in [3.05, 3.63) is 59.2 Å². The summed E-state index contributed by atoms with van der Waals surface area (Å²) >= 11 is 0. The van der Waals surface area contributed by atoms with Gasteiger partial charge in [-0.1, -0.05) is 42.0 Å². The van der Waals surface area contributed by atoms with Crippen molar-refractivity contribution in [2.45, 2.75) is 63.9 Å². The van der Waals surface area contributed by atoms with Gasteiger partial charge in [0.25, 0.3) is 0 Å². The van der Waals surface area contributed by atoms with Gasteiger partial charge in [-0.25, -0.2) is 0 Å². The number of aliphatic hydroxyl groups excluding tert-OH is 4. The first-order valence-electron chi connectivity index (χ1n) is 10.8. The molecular formula is C24H30N2O6. The van der Waals surface area contributed by atoms with E-state index in [9.17, 15) is 20.4 Å². The van der Waals surface area contributed by atoms with E-state index in [1.54, 1.807) is 0 Å². The van der Waals surface area contributed by atoms with Gasteiger partial charge in [-0.2, -0.15) is 0 Å². The number of benzene rings is 2. The summed E-state index contributed by atoms with van der Waals surface area (Å²) in [6.07, 6.45) is -6.16. The molecule has 1 fully saturated rings. The third-order valence-corrected chi connectivity index (χ3v) is 5.87. The molecule has 4 rings (SSSR count). The van der Waals surface area contributed by atoms with Crippen molar-refractivity contribution in [3.8, 4) is 5.88 Å². The molecule has 5 atom stereocenters. The lowest BCUT2D eigenvalue weighted by atomic mass is 9.99. The molecule has 1 aliphatic rings. The normalized spacial score (nSPS) is 26.1. The summed E-state index contributed by atoms with van der Waals surface area (Å²) in [5.41, 5.74) is 4.20. The number of nitrogens with zero attached hydrogens (tertiary/aromatic N) is 2. The van der Waals surface area contributed by atoms with Crippen LogP contribution < -0.4 is 4.74 Å². The van der Waals surface area contributed by atoms with E-state index in [1.165, 1.54) is 5.56 Å². The molecule has 0 radical (unpaired) electrons. The summed E-state index contributed by atoms with van der Waals surface area (Å²) in [4.78, 5) is 0. The highest BCUT2D eigenvalue weighted by molar-refractivity contribution is 5.88. The van der Waals surface area contributed by atoms with E-state index in [2.05, 4.69) is 29.4 Å². The van der Waals surface area contributed by atoms with Crippen molar-refractivity contribution >= 4 is 10.9 Å². The molecule has 2 aromatic carbocycles. The first kappa shape index (κ1) is 22.7. The van der Waals surface area contributed by atoms with Crippen LogP contribution in [-0.2, 0) is 11.2 Å². The fourth-order valence-electron chi connectivity index (χ4n) is 4.05. The summed E-state index contributed by atoms with van der Waals surface area (Å²) in [6.45, 7) is 5.54. The molecule has 8 nitrogen and oxygen atoms in total. The molecule has 1 aliphatic heterocycles. The second-order valence-corrected chi connectivity index (χ2v) is 8.63. The number of aliphatic hydroxyl groups is 4. The zero-order valence-electron chi connectivity index (χ0n) is 18.4. The number of fused-ring (bicyclic) bond motifs is 1. The van der Waals surface area contributed by atoms with Gasteiger partial charge in [0.2, 0.25) is 12.2 Å². The topological polar surface area (TPSA) is 117 Å². The zero-order chi connectivity index (χ0) is 23.0. The number of ether oxygens (including phenoxy) is 2. The van der Waals surface area contributed by atoms with Crippen LogP contribution in [0.5, 0.6) is 5.88 Å². The van der Waals surface area contributed by atoms with Crippen LogP contribution in [0.2, 0.25) is 0 Å². The zero-order valence-corrected chi connectivity index (χ0v) is 18.4. The standard InChI is InChI=1S/C24H30N2O6/c1-13(2)26-17-6-4-5-16(11-15-9-7-14(3)8-10-15)19(17)23(25-26)32-24-22(30)21(29)20(28)18(12-27)31-24/h4-10,13,18,20-22,24,27-30H,11-12H2,1-3H3/t18-,20-,21+,22-,24+/m1/s1. The monoisotopic (exact) mass is 442 g/mol. The Labute approximate surface area is 186 Å². The number of hydrogen-bond acceptors (Lipinski definition) is 7. The number of hydrogen-bond donors (Lipinski definition) is 4. The number of aryl methyl sites for hydroxylation is 1. The highest BCUT2D eigenvalue weighted by Gasteiger charge is 2.45. The fraction of sp³-hybridized carbons (Fsp3) is 0.458. The van der Waals surface area contributed by atoms with Crippen LogP contribution in [-0.4, -0.2) is 67.5 Å². The highest BCUT2D eigenvalue weighted by atomic mass is 16.7. The van der Waals surface area contributed by atoms with E-state index in [-0.39, 0.29) is 11.9 Å². The van der Waals surface area contributed by atoms with Gasteiger partial charge in [-0.05, 0) is 44.4 Å². The van der Waals surface area contributed by atoms with Crippen LogP contribution in [0.4, 0.5) is 0 Å². The summed E-state index contributed by atoms with van der Waals surface area (Å²) in [6, 6.07) is 14.3. The smallest absolute Gasteiger partial charge is 0.243 e. The Morgan fingerprint density at radius 2 is 1.75 bits per heavy atom. The average Bonchev–Trinajstić information content (AvgIpc) is 3.15. The van der Waals surface area contributed by atoms with Crippen molar-refractivity contribution in [2.24, 2.45) is 0 Å². The maximum Gasteiger partial charge on any atom is 0.243 e. The van der Waals surface area contributed by atoms with Crippen molar-refractivity contribution in [2.75, 3.05) is 6.61 Å². The van der Waals surface area contributed by atoms with Gasteiger partial charge in [0.15, 0.2) is 0 Å². The summed E-state index contributed by atoms with van der Waals surface area (Å²) < 4.78 is 13.4. The lowest BCUT2D eigenvalue weighted by Gasteiger charge is -2.39. The van der Waals surface area contributed by atoms with E-state index in [0.29, 0.717) is 6.42 Å². The lowest BCUT2D eigenvalue weighted by Crippen LogP contribution is -2.60. The molecule has 0 aliphatic carbocycles. The van der Waals surface area contributed by atoms with Crippen LogP contribution in [0.1, 0.15) is 36.6 Å². The Morgan fingerprint density at radius 1 is 1.03 bits per heavy atom. The third-order valence-electron chi connectivity index (χ3n) is 5.87. The van der Waals surface area contributed by atoms with E-state index in [4.69, 9.17) is 9.47 Å². The number of rotatable bonds is 6. The minimum Gasteiger partial charge on any atom is -0.443 e. The van der Waals surface area contributed by atoms with Gasteiger partial charge in [-0.3, -0.25) is 4.68 Å². The van der Waals surface area contributed by atoms with Crippen LogP contribution in [0.3, 0.4) is 0 Å². The molecule has 3 aromatic rings. The van der Waals surface area contributed by atoms with E-state index < -0.39 is 37.3 Å². The largest absolute Gasteiger partial charge is 0.443 e. The Balaban J connectivity index is 1.74. The van der Waals surface area contributed by atoms with E-state index >= 15 is 0 Å². The van der Waals surface area contributed by atoms with Crippen LogP contribution in [0.15, 0.2) is 42.5 Å². The quantitative estimate of drug-likeness (QED) is 0.459. The third kappa shape index (κ3) is 4.24. The molecule has 32 heavy (non-hydrogen) atoms.